The number of hydrogen-bond donors (Lipinski definition) is 1. The van der Waals surface area contributed by atoms with Crippen LogP contribution in [0.15, 0.2) is 0 Å². The molecule has 0 heterocycles. The van der Waals surface area contributed by atoms with Gasteiger partial charge in [0.25, 0.3) is 0 Å². The third-order valence-electron chi connectivity index (χ3n) is 2.34. The van der Waals surface area contributed by atoms with E-state index in [2.05, 4.69) is 18.2 Å². The Kier molecular flexibility index (Phi) is 3.45. The lowest BCUT2D eigenvalue weighted by Gasteiger charge is -2.24. The summed E-state index contributed by atoms with van der Waals surface area (Å²) in [5, 5.41) is 3.43. The first-order valence-corrected chi connectivity index (χ1v) is 4.55. The Balaban J connectivity index is 2.20. The average molecular weight is 151 g/mol. The van der Waals surface area contributed by atoms with E-state index in [-0.39, 0.29) is 6.04 Å². The summed E-state index contributed by atoms with van der Waals surface area (Å²) >= 11 is 0. The molecule has 0 bridgehead atoms. The van der Waals surface area contributed by atoms with Gasteiger partial charge in [-0.2, -0.15) is 0 Å². The molecule has 0 amide bonds. The summed E-state index contributed by atoms with van der Waals surface area (Å²) < 4.78 is 0. The van der Waals surface area contributed by atoms with Crippen LogP contribution in [-0.2, 0) is 0 Å². The van der Waals surface area contributed by atoms with Gasteiger partial charge in [-0.15, -0.1) is 6.42 Å². The van der Waals surface area contributed by atoms with Gasteiger partial charge >= 0.3 is 0 Å². The molecule has 1 fully saturated rings. The summed E-state index contributed by atoms with van der Waals surface area (Å²) in [6, 6.07) is 0.938. The third kappa shape index (κ3) is 2.95. The highest BCUT2D eigenvalue weighted by Gasteiger charge is 2.13. The van der Waals surface area contributed by atoms with Crippen molar-refractivity contribution in [3.8, 4) is 12.3 Å². The Labute approximate surface area is 69.6 Å². The van der Waals surface area contributed by atoms with Crippen molar-refractivity contribution in [2.24, 2.45) is 0 Å². The van der Waals surface area contributed by atoms with Gasteiger partial charge < -0.3 is 5.32 Å². The molecule has 0 aromatic carbocycles. The van der Waals surface area contributed by atoms with Crippen molar-refractivity contribution in [3.63, 3.8) is 0 Å². The standard InChI is InChI=1S/C10H17N/c1-3-9(2)11-10-7-5-4-6-8-10/h1,9-11H,4-8H2,2H3/t9-/m1/s1. The second-order valence-electron chi connectivity index (χ2n) is 3.39. The Bertz CT molecular complexity index is 139. The van der Waals surface area contributed by atoms with Crippen molar-refractivity contribution in [3.05, 3.63) is 0 Å². The van der Waals surface area contributed by atoms with E-state index in [1.54, 1.807) is 0 Å². The number of hydrogen-bond acceptors (Lipinski definition) is 1. The molecule has 0 saturated heterocycles. The molecule has 11 heavy (non-hydrogen) atoms. The topological polar surface area (TPSA) is 12.0 Å². The van der Waals surface area contributed by atoms with E-state index in [1.807, 2.05) is 0 Å². The Hall–Kier alpha value is -0.480. The minimum absolute atomic E-state index is 0.248. The van der Waals surface area contributed by atoms with Gasteiger partial charge in [-0.25, -0.2) is 0 Å². The van der Waals surface area contributed by atoms with Gasteiger partial charge in [0.15, 0.2) is 0 Å². The van der Waals surface area contributed by atoms with E-state index >= 15 is 0 Å². The van der Waals surface area contributed by atoms with Crippen molar-refractivity contribution < 1.29 is 0 Å². The molecule has 0 aromatic rings. The molecule has 1 saturated carbocycles. The number of terminal acetylenes is 1. The number of rotatable bonds is 2. The lowest BCUT2D eigenvalue weighted by molar-refractivity contribution is 0.364. The summed E-state index contributed by atoms with van der Waals surface area (Å²) in [6.45, 7) is 2.05. The zero-order chi connectivity index (χ0) is 8.10. The molecule has 0 aromatic heterocycles. The van der Waals surface area contributed by atoms with E-state index in [1.165, 1.54) is 32.1 Å². The van der Waals surface area contributed by atoms with Crippen molar-refractivity contribution >= 4 is 0 Å². The molecule has 1 nitrogen and oxygen atoms in total. The Morgan fingerprint density at radius 1 is 1.36 bits per heavy atom. The van der Waals surface area contributed by atoms with E-state index < -0.39 is 0 Å². The molecule has 0 radical (unpaired) electrons. The fourth-order valence-corrected chi connectivity index (χ4v) is 1.67. The van der Waals surface area contributed by atoms with Crippen LogP contribution in [0.1, 0.15) is 39.0 Å². The SMILES string of the molecule is C#C[C@@H](C)NC1CCCCC1. The fourth-order valence-electron chi connectivity index (χ4n) is 1.67. The molecule has 1 atom stereocenters. The quantitative estimate of drug-likeness (QED) is 0.595. The van der Waals surface area contributed by atoms with Crippen LogP contribution in [0.25, 0.3) is 0 Å². The molecule has 0 unspecified atom stereocenters. The van der Waals surface area contributed by atoms with Gasteiger partial charge in [0, 0.05) is 6.04 Å². The normalized spacial score (nSPS) is 22.5. The first kappa shape index (κ1) is 8.62. The summed E-state index contributed by atoms with van der Waals surface area (Å²) in [5.41, 5.74) is 0. The molecule has 0 spiro atoms. The van der Waals surface area contributed by atoms with Gasteiger partial charge in [-0.05, 0) is 19.8 Å². The minimum Gasteiger partial charge on any atom is -0.301 e. The first-order chi connectivity index (χ1) is 5.33. The molecule has 1 N–H and O–H groups in total. The van der Waals surface area contributed by atoms with Gasteiger partial charge in [-0.1, -0.05) is 25.2 Å². The Morgan fingerprint density at radius 3 is 2.55 bits per heavy atom. The highest BCUT2D eigenvalue weighted by Crippen LogP contribution is 2.17. The van der Waals surface area contributed by atoms with Crippen molar-refractivity contribution in [2.45, 2.75) is 51.1 Å². The molecule has 1 aliphatic rings. The maximum atomic E-state index is 5.28. The van der Waals surface area contributed by atoms with Crippen LogP contribution < -0.4 is 5.32 Å². The second kappa shape index (κ2) is 4.41. The van der Waals surface area contributed by atoms with Crippen molar-refractivity contribution in [1.82, 2.24) is 5.32 Å². The van der Waals surface area contributed by atoms with E-state index in [0.29, 0.717) is 6.04 Å². The first-order valence-electron chi connectivity index (χ1n) is 4.55. The van der Waals surface area contributed by atoms with Gasteiger partial charge in [0.1, 0.15) is 0 Å². The predicted octanol–water partition coefficient (Wildman–Crippen LogP) is 1.93. The second-order valence-corrected chi connectivity index (χ2v) is 3.39. The predicted molar refractivity (Wildman–Crippen MR) is 48.3 cm³/mol. The highest BCUT2D eigenvalue weighted by molar-refractivity contribution is 4.97. The lowest BCUT2D eigenvalue weighted by Crippen LogP contribution is -2.36. The van der Waals surface area contributed by atoms with Gasteiger partial charge in [-0.3, -0.25) is 0 Å². The summed E-state index contributed by atoms with van der Waals surface area (Å²) in [7, 11) is 0. The molecule has 1 heteroatoms. The summed E-state index contributed by atoms with van der Waals surface area (Å²) in [6.07, 6.45) is 12.0. The minimum atomic E-state index is 0.248. The monoisotopic (exact) mass is 151 g/mol. The molecule has 1 aliphatic carbocycles. The van der Waals surface area contributed by atoms with E-state index in [9.17, 15) is 0 Å². The van der Waals surface area contributed by atoms with Crippen molar-refractivity contribution in [2.75, 3.05) is 0 Å². The maximum absolute atomic E-state index is 5.28. The summed E-state index contributed by atoms with van der Waals surface area (Å²) in [5.74, 6) is 2.70. The highest BCUT2D eigenvalue weighted by atomic mass is 14.9. The maximum Gasteiger partial charge on any atom is 0.0660 e. The van der Waals surface area contributed by atoms with Crippen molar-refractivity contribution in [1.29, 1.82) is 0 Å². The van der Waals surface area contributed by atoms with Gasteiger partial charge in [0.2, 0.25) is 0 Å². The number of nitrogens with one attached hydrogen (secondary N) is 1. The van der Waals surface area contributed by atoms with Crippen LogP contribution in [0.3, 0.4) is 0 Å². The molecular formula is C10H17N. The van der Waals surface area contributed by atoms with Crippen LogP contribution in [0.5, 0.6) is 0 Å². The average Bonchev–Trinajstić information content (AvgIpc) is 2.06. The van der Waals surface area contributed by atoms with E-state index in [0.717, 1.165) is 0 Å². The molecule has 0 aliphatic heterocycles. The van der Waals surface area contributed by atoms with E-state index in [4.69, 9.17) is 6.42 Å². The molecular weight excluding hydrogens is 134 g/mol. The molecule has 1 rings (SSSR count). The largest absolute Gasteiger partial charge is 0.301 e. The lowest BCUT2D eigenvalue weighted by atomic mass is 9.95. The zero-order valence-electron chi connectivity index (χ0n) is 7.27. The molecule has 62 valence electrons. The van der Waals surface area contributed by atoms with Crippen LogP contribution in [-0.4, -0.2) is 12.1 Å². The zero-order valence-corrected chi connectivity index (χ0v) is 7.27. The van der Waals surface area contributed by atoms with Gasteiger partial charge in [0.05, 0.1) is 6.04 Å². The van der Waals surface area contributed by atoms with Crippen LogP contribution in [0.4, 0.5) is 0 Å². The van der Waals surface area contributed by atoms with Crippen LogP contribution in [0, 0.1) is 12.3 Å². The van der Waals surface area contributed by atoms with Crippen LogP contribution in [0.2, 0.25) is 0 Å². The summed E-state index contributed by atoms with van der Waals surface area (Å²) in [4.78, 5) is 0. The smallest absolute Gasteiger partial charge is 0.0660 e. The third-order valence-corrected chi connectivity index (χ3v) is 2.34. The van der Waals surface area contributed by atoms with Crippen LogP contribution >= 0.6 is 0 Å². The fraction of sp³-hybridized carbons (Fsp3) is 0.800. The Morgan fingerprint density at radius 2 is 2.00 bits per heavy atom.